The molecule has 1 saturated heterocycles. The van der Waals surface area contributed by atoms with Gasteiger partial charge in [-0.2, -0.15) is 0 Å². The quantitative estimate of drug-likeness (QED) is 0.342. The fourth-order valence-corrected chi connectivity index (χ4v) is 5.26. The van der Waals surface area contributed by atoms with Crippen LogP contribution in [-0.2, 0) is 4.79 Å². The highest BCUT2D eigenvalue weighted by Gasteiger charge is 2.28. The molecule has 2 amide bonds. The predicted octanol–water partition coefficient (Wildman–Crippen LogP) is 5.93. The van der Waals surface area contributed by atoms with E-state index in [-0.39, 0.29) is 17.7 Å². The first-order valence-corrected chi connectivity index (χ1v) is 12.8. The minimum atomic E-state index is -0.120. The molecule has 4 aromatic rings. The molecule has 37 heavy (non-hydrogen) atoms. The molecular weight excluding hydrogens is 460 g/mol. The fourth-order valence-electron chi connectivity index (χ4n) is 5.26. The zero-order chi connectivity index (χ0) is 25.4. The SMILES string of the molecule is C=CC(=O)N1CCC(c2cc(-c3ccc(C(=O)Nc4cccc(C5CC5)c4)cc3)cc3cncnc23)C1. The molecule has 1 aromatic heterocycles. The van der Waals surface area contributed by atoms with Gasteiger partial charge in [-0.05, 0) is 89.9 Å². The molecule has 0 spiro atoms. The van der Waals surface area contributed by atoms with Crippen molar-refractivity contribution >= 4 is 28.4 Å². The third-order valence-corrected chi connectivity index (χ3v) is 7.42. The molecule has 2 aliphatic rings. The molecule has 1 atom stereocenters. The van der Waals surface area contributed by atoms with Crippen molar-refractivity contribution < 1.29 is 9.59 Å². The van der Waals surface area contributed by atoms with Crippen LogP contribution in [0.3, 0.4) is 0 Å². The number of hydrogen-bond donors (Lipinski definition) is 1. The van der Waals surface area contributed by atoms with Gasteiger partial charge in [0.15, 0.2) is 0 Å². The highest BCUT2D eigenvalue weighted by molar-refractivity contribution is 6.04. The van der Waals surface area contributed by atoms with Crippen LogP contribution in [0.5, 0.6) is 0 Å². The lowest BCUT2D eigenvalue weighted by atomic mass is 9.91. The Morgan fingerprint density at radius 1 is 0.973 bits per heavy atom. The summed E-state index contributed by atoms with van der Waals surface area (Å²) in [6.07, 6.45) is 8.11. The predicted molar refractivity (Wildman–Crippen MR) is 145 cm³/mol. The van der Waals surface area contributed by atoms with Crippen LogP contribution < -0.4 is 5.32 Å². The number of aromatic nitrogens is 2. The van der Waals surface area contributed by atoms with Gasteiger partial charge in [0, 0.05) is 41.8 Å². The first kappa shape index (κ1) is 23.1. The molecule has 0 radical (unpaired) electrons. The summed E-state index contributed by atoms with van der Waals surface area (Å²) in [7, 11) is 0. The number of fused-ring (bicyclic) bond motifs is 1. The van der Waals surface area contributed by atoms with Gasteiger partial charge in [0.05, 0.1) is 5.52 Å². The lowest BCUT2D eigenvalue weighted by Crippen LogP contribution is -2.26. The maximum atomic E-state index is 12.9. The zero-order valence-electron chi connectivity index (χ0n) is 20.6. The largest absolute Gasteiger partial charge is 0.339 e. The van der Waals surface area contributed by atoms with Crippen molar-refractivity contribution in [3.8, 4) is 11.1 Å². The Labute approximate surface area is 216 Å². The van der Waals surface area contributed by atoms with E-state index in [9.17, 15) is 9.59 Å². The summed E-state index contributed by atoms with van der Waals surface area (Å²) < 4.78 is 0. The number of nitrogens with one attached hydrogen (secondary N) is 1. The second kappa shape index (κ2) is 9.62. The monoisotopic (exact) mass is 488 g/mol. The van der Waals surface area contributed by atoms with Gasteiger partial charge in [-0.3, -0.25) is 9.59 Å². The van der Waals surface area contributed by atoms with Crippen LogP contribution in [0.15, 0.2) is 85.8 Å². The minimum absolute atomic E-state index is 0.0364. The van der Waals surface area contributed by atoms with E-state index in [1.807, 2.05) is 47.5 Å². The number of nitrogens with zero attached hydrogens (tertiary/aromatic N) is 3. The van der Waals surface area contributed by atoms with Crippen molar-refractivity contribution in [2.24, 2.45) is 0 Å². The Morgan fingerprint density at radius 2 is 1.81 bits per heavy atom. The maximum absolute atomic E-state index is 12.9. The van der Waals surface area contributed by atoms with Crippen molar-refractivity contribution in [1.82, 2.24) is 14.9 Å². The summed E-state index contributed by atoms with van der Waals surface area (Å²) in [5.74, 6) is 0.677. The van der Waals surface area contributed by atoms with E-state index in [0.717, 1.165) is 39.7 Å². The molecule has 1 aliphatic carbocycles. The van der Waals surface area contributed by atoms with E-state index in [1.165, 1.54) is 24.5 Å². The van der Waals surface area contributed by atoms with E-state index in [2.05, 4.69) is 46.1 Å². The average Bonchev–Trinajstić information content (AvgIpc) is 3.68. The van der Waals surface area contributed by atoms with Crippen molar-refractivity contribution in [2.75, 3.05) is 18.4 Å². The van der Waals surface area contributed by atoms with E-state index in [0.29, 0.717) is 24.6 Å². The third kappa shape index (κ3) is 4.75. The number of benzene rings is 3. The second-order valence-electron chi connectivity index (χ2n) is 9.93. The standard InChI is InChI=1S/C31H28N4O2/c1-2-29(36)35-13-12-24(18-35)28-16-25(14-26-17-32-19-33-30(26)28)21-8-10-22(11-9-21)31(37)34-27-5-3-4-23(15-27)20-6-7-20/h2-5,8-11,14-17,19-20,24H,1,6-7,12-13,18H2,(H,34,37). The number of rotatable bonds is 6. The van der Waals surface area contributed by atoms with E-state index >= 15 is 0 Å². The first-order chi connectivity index (χ1) is 18.1. The highest BCUT2D eigenvalue weighted by Crippen LogP contribution is 2.40. The van der Waals surface area contributed by atoms with Crippen LogP contribution in [0, 0.1) is 0 Å². The van der Waals surface area contributed by atoms with E-state index in [4.69, 9.17) is 0 Å². The van der Waals surface area contributed by atoms with Crippen LogP contribution in [0.25, 0.3) is 22.0 Å². The van der Waals surface area contributed by atoms with Crippen LogP contribution >= 0.6 is 0 Å². The molecule has 6 heteroatoms. The summed E-state index contributed by atoms with van der Waals surface area (Å²) in [4.78, 5) is 35.7. The van der Waals surface area contributed by atoms with Crippen LogP contribution in [0.2, 0.25) is 0 Å². The second-order valence-corrected chi connectivity index (χ2v) is 9.93. The minimum Gasteiger partial charge on any atom is -0.339 e. The van der Waals surface area contributed by atoms with E-state index < -0.39 is 0 Å². The Kier molecular flexibility index (Phi) is 6.01. The van der Waals surface area contributed by atoms with Gasteiger partial charge >= 0.3 is 0 Å². The molecule has 0 bridgehead atoms. The normalized spacial score (nSPS) is 17.1. The number of carbonyl (C=O) groups excluding carboxylic acids is 2. The average molecular weight is 489 g/mol. The van der Waals surface area contributed by atoms with Crippen LogP contribution in [-0.4, -0.2) is 39.8 Å². The fraction of sp³-hybridized carbons (Fsp3) is 0.226. The smallest absolute Gasteiger partial charge is 0.255 e. The molecule has 6 nitrogen and oxygen atoms in total. The van der Waals surface area contributed by atoms with Gasteiger partial charge < -0.3 is 10.2 Å². The van der Waals surface area contributed by atoms with Crippen molar-refractivity contribution in [1.29, 1.82) is 0 Å². The lowest BCUT2D eigenvalue weighted by molar-refractivity contribution is -0.125. The molecule has 2 fully saturated rings. The van der Waals surface area contributed by atoms with Crippen molar-refractivity contribution in [3.63, 3.8) is 0 Å². The van der Waals surface area contributed by atoms with Crippen LogP contribution in [0.1, 0.15) is 52.6 Å². The summed E-state index contributed by atoms with van der Waals surface area (Å²) in [6, 6.07) is 20.1. The van der Waals surface area contributed by atoms with Gasteiger partial charge in [-0.1, -0.05) is 30.8 Å². The molecular formula is C31H28N4O2. The first-order valence-electron chi connectivity index (χ1n) is 12.8. The third-order valence-electron chi connectivity index (χ3n) is 7.42. The van der Waals surface area contributed by atoms with Gasteiger partial charge in [0.2, 0.25) is 5.91 Å². The number of amides is 2. The summed E-state index contributed by atoms with van der Waals surface area (Å²) >= 11 is 0. The molecule has 1 N–H and O–H groups in total. The summed E-state index contributed by atoms with van der Waals surface area (Å²) in [6.45, 7) is 4.98. The molecule has 3 aromatic carbocycles. The van der Waals surface area contributed by atoms with Gasteiger partial charge in [0.1, 0.15) is 6.33 Å². The molecule has 1 unspecified atom stereocenters. The Balaban J connectivity index is 1.25. The van der Waals surface area contributed by atoms with E-state index in [1.54, 1.807) is 6.33 Å². The van der Waals surface area contributed by atoms with Gasteiger partial charge in [0.25, 0.3) is 5.91 Å². The van der Waals surface area contributed by atoms with Crippen molar-refractivity contribution in [3.05, 3.63) is 103 Å². The van der Waals surface area contributed by atoms with Crippen molar-refractivity contribution in [2.45, 2.75) is 31.1 Å². The van der Waals surface area contributed by atoms with Crippen LogP contribution in [0.4, 0.5) is 5.69 Å². The highest BCUT2D eigenvalue weighted by atomic mass is 16.2. The zero-order valence-corrected chi connectivity index (χ0v) is 20.6. The Bertz CT molecular complexity index is 1510. The summed E-state index contributed by atoms with van der Waals surface area (Å²) in [5, 5.41) is 3.99. The summed E-state index contributed by atoms with van der Waals surface area (Å²) in [5.41, 5.74) is 6.82. The topological polar surface area (TPSA) is 75.2 Å². The number of carbonyl (C=O) groups is 2. The lowest BCUT2D eigenvalue weighted by Gasteiger charge is -2.17. The number of anilines is 1. The molecule has 1 saturated carbocycles. The number of hydrogen-bond acceptors (Lipinski definition) is 4. The van der Waals surface area contributed by atoms with Gasteiger partial charge in [-0.15, -0.1) is 0 Å². The molecule has 2 heterocycles. The Hall–Kier alpha value is -4.32. The molecule has 184 valence electrons. The van der Waals surface area contributed by atoms with Gasteiger partial charge in [-0.25, -0.2) is 9.97 Å². The maximum Gasteiger partial charge on any atom is 0.255 e. The molecule has 1 aliphatic heterocycles. The molecule has 6 rings (SSSR count). The Morgan fingerprint density at radius 3 is 2.59 bits per heavy atom. The number of likely N-dealkylation sites (tertiary alicyclic amines) is 1.